The highest BCUT2D eigenvalue weighted by Crippen LogP contribution is 2.26. The molecule has 18 heavy (non-hydrogen) atoms. The third-order valence-corrected chi connectivity index (χ3v) is 2.08. The summed E-state index contributed by atoms with van der Waals surface area (Å²) < 4.78 is 52.4. The van der Waals surface area contributed by atoms with Gasteiger partial charge in [0, 0.05) is 6.54 Å². The molecular weight excluding hydrogens is 278 g/mol. The number of rotatable bonds is 4. The van der Waals surface area contributed by atoms with Gasteiger partial charge >= 0.3 is 6.36 Å². The normalized spacial score (nSPS) is 11.2. The lowest BCUT2D eigenvalue weighted by molar-refractivity contribution is -0.275. The largest absolute Gasteiger partial charge is 0.573 e. The molecule has 0 heterocycles. The highest BCUT2D eigenvalue weighted by atomic mass is 35.5. The van der Waals surface area contributed by atoms with Crippen LogP contribution in [0.15, 0.2) is 18.2 Å². The number of benzene rings is 1. The zero-order valence-electron chi connectivity index (χ0n) is 8.85. The number of amides is 1. The summed E-state index contributed by atoms with van der Waals surface area (Å²) in [6.45, 7) is -0.0694. The zero-order valence-corrected chi connectivity index (χ0v) is 9.61. The molecule has 100 valence electrons. The van der Waals surface area contributed by atoms with E-state index in [1.54, 1.807) is 0 Å². The number of halogens is 5. The number of ether oxygens (including phenoxy) is 1. The van der Waals surface area contributed by atoms with E-state index in [0.29, 0.717) is 0 Å². The Bertz CT molecular complexity index is 436. The molecule has 0 spiro atoms. The van der Waals surface area contributed by atoms with E-state index in [1.807, 2.05) is 0 Å². The monoisotopic (exact) mass is 285 g/mol. The molecule has 0 aromatic heterocycles. The standard InChI is InChI=1S/C10H8ClF4NO2/c11-4-9(17)16-5-6-1-2-7(12)8(3-6)18-10(13,14)15/h1-3H,4-5H2,(H,16,17). The first-order valence-corrected chi connectivity index (χ1v) is 5.22. The van der Waals surface area contributed by atoms with Crippen LogP contribution in [-0.4, -0.2) is 18.1 Å². The number of carbonyl (C=O) groups is 1. The maximum atomic E-state index is 13.0. The van der Waals surface area contributed by atoms with Crippen LogP contribution >= 0.6 is 11.6 Å². The SMILES string of the molecule is O=C(CCl)NCc1ccc(F)c(OC(F)(F)F)c1. The van der Waals surface area contributed by atoms with Crippen molar-refractivity contribution in [2.45, 2.75) is 12.9 Å². The molecule has 1 aromatic rings. The van der Waals surface area contributed by atoms with E-state index in [9.17, 15) is 22.4 Å². The van der Waals surface area contributed by atoms with Gasteiger partial charge in [-0.05, 0) is 17.7 Å². The lowest BCUT2D eigenvalue weighted by Crippen LogP contribution is -2.24. The van der Waals surface area contributed by atoms with E-state index in [-0.39, 0.29) is 18.0 Å². The van der Waals surface area contributed by atoms with Crippen molar-refractivity contribution in [3.8, 4) is 5.75 Å². The van der Waals surface area contributed by atoms with E-state index >= 15 is 0 Å². The van der Waals surface area contributed by atoms with Crippen LogP contribution in [0.25, 0.3) is 0 Å². The van der Waals surface area contributed by atoms with Gasteiger partial charge in [-0.2, -0.15) is 0 Å². The summed E-state index contributed by atoms with van der Waals surface area (Å²) in [5, 5.41) is 2.33. The second kappa shape index (κ2) is 5.90. The molecule has 3 nitrogen and oxygen atoms in total. The first-order valence-electron chi connectivity index (χ1n) is 4.68. The van der Waals surface area contributed by atoms with Gasteiger partial charge in [-0.3, -0.25) is 4.79 Å². The minimum atomic E-state index is -4.97. The number of hydrogen-bond acceptors (Lipinski definition) is 2. The molecule has 0 unspecified atom stereocenters. The minimum Gasteiger partial charge on any atom is -0.403 e. The Balaban J connectivity index is 2.77. The first-order chi connectivity index (χ1) is 8.31. The Labute approximate surface area is 105 Å². The number of carbonyl (C=O) groups excluding carboxylic acids is 1. The topological polar surface area (TPSA) is 38.3 Å². The molecule has 0 bridgehead atoms. The second-order valence-corrected chi connectivity index (χ2v) is 3.49. The van der Waals surface area contributed by atoms with Gasteiger partial charge in [-0.1, -0.05) is 6.07 Å². The molecule has 0 radical (unpaired) electrons. The summed E-state index contributed by atoms with van der Waals surface area (Å²) in [5.41, 5.74) is 0.258. The summed E-state index contributed by atoms with van der Waals surface area (Å²) in [5.74, 6) is -2.84. The number of alkyl halides is 4. The number of hydrogen-bond donors (Lipinski definition) is 1. The smallest absolute Gasteiger partial charge is 0.403 e. The van der Waals surface area contributed by atoms with Gasteiger partial charge in [0.05, 0.1) is 0 Å². The molecule has 0 atom stereocenters. The molecule has 1 amide bonds. The Morgan fingerprint density at radius 3 is 2.61 bits per heavy atom. The van der Waals surface area contributed by atoms with Crippen molar-refractivity contribution in [2.24, 2.45) is 0 Å². The average molecular weight is 286 g/mol. The van der Waals surface area contributed by atoms with Gasteiger partial charge in [0.2, 0.25) is 5.91 Å². The molecule has 0 saturated heterocycles. The van der Waals surface area contributed by atoms with Gasteiger partial charge in [0.25, 0.3) is 0 Å². The predicted octanol–water partition coefficient (Wildman–Crippen LogP) is 2.58. The van der Waals surface area contributed by atoms with Crippen LogP contribution < -0.4 is 10.1 Å². The zero-order chi connectivity index (χ0) is 13.8. The lowest BCUT2D eigenvalue weighted by Gasteiger charge is -2.11. The van der Waals surface area contributed by atoms with Crippen LogP contribution in [0.5, 0.6) is 5.75 Å². The molecule has 0 aliphatic rings. The minimum absolute atomic E-state index is 0.0694. The average Bonchev–Trinajstić information content (AvgIpc) is 2.28. The fraction of sp³-hybridized carbons (Fsp3) is 0.300. The molecule has 1 rings (SSSR count). The molecule has 1 N–H and O–H groups in total. The summed E-state index contributed by atoms with van der Waals surface area (Å²) in [6, 6.07) is 2.91. The van der Waals surface area contributed by atoms with E-state index in [1.165, 1.54) is 6.07 Å². The van der Waals surface area contributed by atoms with Gasteiger partial charge in [-0.25, -0.2) is 4.39 Å². The molecule has 8 heteroatoms. The highest BCUT2D eigenvalue weighted by Gasteiger charge is 2.32. The van der Waals surface area contributed by atoms with Crippen LogP contribution in [0.1, 0.15) is 5.56 Å². The molecule has 0 aliphatic heterocycles. The van der Waals surface area contributed by atoms with Crippen LogP contribution in [0, 0.1) is 5.82 Å². The molecule has 0 saturated carbocycles. The highest BCUT2D eigenvalue weighted by molar-refractivity contribution is 6.27. The van der Waals surface area contributed by atoms with Crippen molar-refractivity contribution < 1.29 is 27.1 Å². The van der Waals surface area contributed by atoms with Crippen LogP contribution in [0.2, 0.25) is 0 Å². The lowest BCUT2D eigenvalue weighted by atomic mass is 10.2. The third kappa shape index (κ3) is 4.79. The van der Waals surface area contributed by atoms with Crippen molar-refractivity contribution >= 4 is 17.5 Å². The first kappa shape index (κ1) is 14.6. The molecule has 0 fully saturated rings. The van der Waals surface area contributed by atoms with Gasteiger partial charge < -0.3 is 10.1 Å². The fourth-order valence-corrected chi connectivity index (χ4v) is 1.20. The van der Waals surface area contributed by atoms with Crippen LogP contribution in [0.4, 0.5) is 17.6 Å². The van der Waals surface area contributed by atoms with Crippen molar-refractivity contribution in [3.63, 3.8) is 0 Å². The summed E-state index contributed by atoms with van der Waals surface area (Å²) in [7, 11) is 0. The van der Waals surface area contributed by atoms with E-state index in [0.717, 1.165) is 12.1 Å². The van der Waals surface area contributed by atoms with Crippen molar-refractivity contribution in [3.05, 3.63) is 29.6 Å². The predicted molar refractivity (Wildman–Crippen MR) is 55.6 cm³/mol. The van der Waals surface area contributed by atoms with E-state index in [4.69, 9.17) is 11.6 Å². The Kier molecular flexibility index (Phi) is 4.77. The summed E-state index contributed by atoms with van der Waals surface area (Å²) in [4.78, 5) is 10.8. The number of nitrogens with one attached hydrogen (secondary N) is 1. The Morgan fingerprint density at radius 2 is 2.06 bits per heavy atom. The summed E-state index contributed by atoms with van der Waals surface area (Å²) >= 11 is 5.22. The van der Waals surface area contributed by atoms with Crippen molar-refractivity contribution in [1.29, 1.82) is 0 Å². The van der Waals surface area contributed by atoms with Gasteiger partial charge in [0.15, 0.2) is 11.6 Å². The summed E-state index contributed by atoms with van der Waals surface area (Å²) in [6.07, 6.45) is -4.97. The van der Waals surface area contributed by atoms with Gasteiger partial charge in [-0.15, -0.1) is 24.8 Å². The molecular formula is C10H8ClF4NO2. The quantitative estimate of drug-likeness (QED) is 0.682. The van der Waals surface area contributed by atoms with Crippen LogP contribution in [-0.2, 0) is 11.3 Å². The second-order valence-electron chi connectivity index (χ2n) is 3.22. The third-order valence-electron chi connectivity index (χ3n) is 1.83. The van der Waals surface area contributed by atoms with E-state index < -0.39 is 23.8 Å². The fourth-order valence-electron chi connectivity index (χ4n) is 1.11. The van der Waals surface area contributed by atoms with E-state index in [2.05, 4.69) is 10.1 Å². The molecule has 1 aromatic carbocycles. The maximum absolute atomic E-state index is 13.0. The van der Waals surface area contributed by atoms with Crippen molar-refractivity contribution in [2.75, 3.05) is 5.88 Å². The van der Waals surface area contributed by atoms with Crippen molar-refractivity contribution in [1.82, 2.24) is 5.32 Å². The van der Waals surface area contributed by atoms with Crippen LogP contribution in [0.3, 0.4) is 0 Å². The Morgan fingerprint density at radius 1 is 1.39 bits per heavy atom. The maximum Gasteiger partial charge on any atom is 0.573 e. The Hall–Kier alpha value is -1.50. The molecule has 0 aliphatic carbocycles. The van der Waals surface area contributed by atoms with Gasteiger partial charge in [0.1, 0.15) is 5.88 Å².